The molecule has 0 amide bonds. The van der Waals surface area contributed by atoms with Crippen molar-refractivity contribution in [3.05, 3.63) is 0 Å². The number of hydrogen-bond donors (Lipinski definition) is 0. The summed E-state index contributed by atoms with van der Waals surface area (Å²) in [6.07, 6.45) is 6.06. The maximum absolute atomic E-state index is 4.45. The Hall–Kier alpha value is -0.530. The minimum Gasteiger partial charge on any atom is -0.303 e. The van der Waals surface area contributed by atoms with Crippen LogP contribution in [-0.4, -0.2) is 24.8 Å². The van der Waals surface area contributed by atoms with Crippen LogP contribution in [0.25, 0.3) is 0 Å². The van der Waals surface area contributed by atoms with E-state index < -0.39 is 0 Å². The molecule has 2 nitrogen and oxygen atoms in total. The highest BCUT2D eigenvalue weighted by atomic mass is 15.4. The number of hydrazone groups is 1. The first-order valence-corrected chi connectivity index (χ1v) is 4.94. The Morgan fingerprint density at radius 3 is 2.17 bits per heavy atom. The molecule has 0 spiro atoms. The molecule has 0 aromatic heterocycles. The Bertz CT molecular complexity index is 128. The minimum absolute atomic E-state index is 1.15. The van der Waals surface area contributed by atoms with Crippen molar-refractivity contribution in [2.45, 2.75) is 46.0 Å². The second kappa shape index (κ2) is 7.14. The number of nitrogens with zero attached hydrogens (tertiary/aromatic N) is 2. The zero-order chi connectivity index (χ0) is 9.40. The van der Waals surface area contributed by atoms with Gasteiger partial charge in [-0.05, 0) is 19.3 Å². The molecule has 0 rings (SSSR count). The lowest BCUT2D eigenvalue weighted by Crippen LogP contribution is -2.08. The Kier molecular flexibility index (Phi) is 6.82. The van der Waals surface area contributed by atoms with Gasteiger partial charge in [-0.2, -0.15) is 5.10 Å². The molecule has 0 heterocycles. The molecule has 0 bridgehead atoms. The normalized spacial score (nSPS) is 11.8. The molecule has 0 atom stereocenters. The van der Waals surface area contributed by atoms with E-state index in [0.29, 0.717) is 0 Å². The molecule has 0 radical (unpaired) electrons. The van der Waals surface area contributed by atoms with Gasteiger partial charge >= 0.3 is 0 Å². The Balaban J connectivity index is 3.85. The smallest absolute Gasteiger partial charge is 0.0380 e. The van der Waals surface area contributed by atoms with Crippen molar-refractivity contribution in [3.8, 4) is 0 Å². The summed E-state index contributed by atoms with van der Waals surface area (Å²) in [7, 11) is 3.98. The summed E-state index contributed by atoms with van der Waals surface area (Å²) < 4.78 is 0. The van der Waals surface area contributed by atoms with E-state index in [1.807, 2.05) is 19.1 Å². The topological polar surface area (TPSA) is 15.6 Å². The monoisotopic (exact) mass is 170 g/mol. The maximum atomic E-state index is 4.45. The highest BCUT2D eigenvalue weighted by Crippen LogP contribution is 2.03. The average molecular weight is 170 g/mol. The zero-order valence-corrected chi connectivity index (χ0v) is 8.93. The molecule has 12 heavy (non-hydrogen) atoms. The molecule has 0 aliphatic rings. The quantitative estimate of drug-likeness (QED) is 0.442. The van der Waals surface area contributed by atoms with Crippen molar-refractivity contribution in [1.29, 1.82) is 0 Å². The highest BCUT2D eigenvalue weighted by molar-refractivity contribution is 5.84. The zero-order valence-electron chi connectivity index (χ0n) is 8.93. The molecule has 0 aliphatic carbocycles. The van der Waals surface area contributed by atoms with Gasteiger partial charge in [0.25, 0.3) is 0 Å². The lowest BCUT2D eigenvalue weighted by atomic mass is 10.1. The summed E-state index contributed by atoms with van der Waals surface area (Å²) in [5.74, 6) is 0. The lowest BCUT2D eigenvalue weighted by molar-refractivity contribution is 0.433. The van der Waals surface area contributed by atoms with Crippen LogP contribution in [0.5, 0.6) is 0 Å². The van der Waals surface area contributed by atoms with Crippen LogP contribution in [0, 0.1) is 0 Å². The molecule has 0 N–H and O–H groups in total. The SMILES string of the molecule is CCCC/C(CCC)=N\N(C)C. The predicted molar refractivity (Wildman–Crippen MR) is 55.6 cm³/mol. The Morgan fingerprint density at radius 1 is 1.08 bits per heavy atom. The molecule has 0 unspecified atom stereocenters. The third-order valence-corrected chi connectivity index (χ3v) is 1.70. The summed E-state index contributed by atoms with van der Waals surface area (Å²) >= 11 is 0. The van der Waals surface area contributed by atoms with E-state index in [4.69, 9.17) is 0 Å². The fraction of sp³-hybridized carbons (Fsp3) is 0.900. The molecule has 0 aromatic rings. The van der Waals surface area contributed by atoms with Gasteiger partial charge in [-0.25, -0.2) is 0 Å². The number of rotatable bonds is 6. The third kappa shape index (κ3) is 6.20. The van der Waals surface area contributed by atoms with Crippen LogP contribution in [0.15, 0.2) is 5.10 Å². The largest absolute Gasteiger partial charge is 0.303 e. The van der Waals surface area contributed by atoms with Crippen molar-refractivity contribution in [2.24, 2.45) is 5.10 Å². The Morgan fingerprint density at radius 2 is 1.75 bits per heavy atom. The van der Waals surface area contributed by atoms with Crippen molar-refractivity contribution in [1.82, 2.24) is 5.01 Å². The molecule has 72 valence electrons. The fourth-order valence-corrected chi connectivity index (χ4v) is 1.18. The van der Waals surface area contributed by atoms with Gasteiger partial charge in [-0.3, -0.25) is 0 Å². The summed E-state index contributed by atoms with van der Waals surface area (Å²) in [5, 5.41) is 6.36. The van der Waals surface area contributed by atoms with Crippen LogP contribution >= 0.6 is 0 Å². The van der Waals surface area contributed by atoms with Crippen LogP contribution in [0.1, 0.15) is 46.0 Å². The van der Waals surface area contributed by atoms with E-state index in [-0.39, 0.29) is 0 Å². The summed E-state index contributed by atoms with van der Waals surface area (Å²) in [4.78, 5) is 0. The van der Waals surface area contributed by atoms with Crippen LogP contribution < -0.4 is 0 Å². The van der Waals surface area contributed by atoms with Crippen molar-refractivity contribution in [3.63, 3.8) is 0 Å². The van der Waals surface area contributed by atoms with Crippen molar-refractivity contribution < 1.29 is 0 Å². The standard InChI is InChI=1S/C10H22N2/c1-5-7-9-10(8-6-2)11-12(3)4/h5-9H2,1-4H3/b11-10-. The molecule has 0 aliphatic heterocycles. The van der Waals surface area contributed by atoms with Gasteiger partial charge in [0.2, 0.25) is 0 Å². The molecular formula is C10H22N2. The van der Waals surface area contributed by atoms with Crippen molar-refractivity contribution >= 4 is 5.71 Å². The lowest BCUT2D eigenvalue weighted by Gasteiger charge is -2.09. The summed E-state index contributed by atoms with van der Waals surface area (Å²) in [6, 6.07) is 0. The first-order valence-electron chi connectivity index (χ1n) is 4.94. The van der Waals surface area contributed by atoms with E-state index >= 15 is 0 Å². The molecular weight excluding hydrogens is 148 g/mol. The molecule has 0 saturated carbocycles. The highest BCUT2D eigenvalue weighted by Gasteiger charge is 1.97. The van der Waals surface area contributed by atoms with Crippen LogP contribution in [0.4, 0.5) is 0 Å². The number of unbranched alkanes of at least 4 members (excludes halogenated alkanes) is 1. The van der Waals surface area contributed by atoms with E-state index in [9.17, 15) is 0 Å². The first-order chi connectivity index (χ1) is 5.70. The van der Waals surface area contributed by atoms with Crippen LogP contribution in [0.2, 0.25) is 0 Å². The molecule has 2 heteroatoms. The minimum atomic E-state index is 1.15. The average Bonchev–Trinajstić information content (AvgIpc) is 2.00. The van der Waals surface area contributed by atoms with Crippen LogP contribution in [0.3, 0.4) is 0 Å². The molecule has 0 aromatic carbocycles. The second-order valence-electron chi connectivity index (χ2n) is 3.37. The number of hydrogen-bond acceptors (Lipinski definition) is 2. The third-order valence-electron chi connectivity index (χ3n) is 1.70. The second-order valence-corrected chi connectivity index (χ2v) is 3.37. The molecule has 0 saturated heterocycles. The van der Waals surface area contributed by atoms with E-state index in [0.717, 1.165) is 6.42 Å². The van der Waals surface area contributed by atoms with Gasteiger partial charge in [0.1, 0.15) is 0 Å². The van der Waals surface area contributed by atoms with Gasteiger partial charge in [-0.1, -0.05) is 26.7 Å². The van der Waals surface area contributed by atoms with Crippen LogP contribution in [-0.2, 0) is 0 Å². The first kappa shape index (κ1) is 11.5. The Labute approximate surface area is 76.6 Å². The van der Waals surface area contributed by atoms with Gasteiger partial charge in [0.05, 0.1) is 0 Å². The maximum Gasteiger partial charge on any atom is 0.0380 e. The van der Waals surface area contributed by atoms with E-state index in [1.165, 1.54) is 31.4 Å². The predicted octanol–water partition coefficient (Wildman–Crippen LogP) is 2.89. The van der Waals surface area contributed by atoms with Gasteiger partial charge in [0, 0.05) is 19.8 Å². The van der Waals surface area contributed by atoms with Gasteiger partial charge < -0.3 is 5.01 Å². The fourth-order valence-electron chi connectivity index (χ4n) is 1.18. The van der Waals surface area contributed by atoms with Gasteiger partial charge in [0.15, 0.2) is 0 Å². The summed E-state index contributed by atoms with van der Waals surface area (Å²) in [6.45, 7) is 4.43. The van der Waals surface area contributed by atoms with E-state index in [2.05, 4.69) is 18.9 Å². The molecule has 0 fully saturated rings. The van der Waals surface area contributed by atoms with Gasteiger partial charge in [-0.15, -0.1) is 0 Å². The van der Waals surface area contributed by atoms with Crippen molar-refractivity contribution in [2.75, 3.05) is 14.1 Å². The van der Waals surface area contributed by atoms with E-state index in [1.54, 1.807) is 0 Å². The summed E-state index contributed by atoms with van der Waals surface area (Å²) in [5.41, 5.74) is 1.35.